The molecule has 0 radical (unpaired) electrons. The van der Waals surface area contributed by atoms with Gasteiger partial charge in [0, 0.05) is 67.3 Å². The van der Waals surface area contributed by atoms with Crippen LogP contribution in [0, 0.1) is 0 Å². The Bertz CT molecular complexity index is 3470. The highest BCUT2D eigenvalue weighted by Gasteiger charge is 2.45. The number of aromatic nitrogens is 1. The zero-order valence-corrected chi connectivity index (χ0v) is 34.4. The van der Waals surface area contributed by atoms with Crippen LogP contribution in [0.3, 0.4) is 0 Å². The van der Waals surface area contributed by atoms with Crippen molar-refractivity contribution < 1.29 is 0 Å². The summed E-state index contributed by atoms with van der Waals surface area (Å²) in [6.07, 6.45) is 0. The fourth-order valence-electron chi connectivity index (χ4n) is 10.5. The molecule has 1 aromatic heterocycles. The molecule has 3 heterocycles. The maximum atomic E-state index is 2.56. The smallest absolute Gasteiger partial charge is 0.252 e. The van der Waals surface area contributed by atoms with E-state index in [2.05, 4.69) is 256 Å². The van der Waals surface area contributed by atoms with Crippen molar-refractivity contribution >= 4 is 107 Å². The van der Waals surface area contributed by atoms with Crippen LogP contribution in [0.25, 0.3) is 38.3 Å². The minimum Gasteiger partial charge on any atom is -0.311 e. The predicted octanol–water partition coefficient (Wildman–Crippen LogP) is 13.5. The van der Waals surface area contributed by atoms with Crippen LogP contribution in [-0.4, -0.2) is 11.3 Å². The standard InChI is InChI=1S/C58H39BN4/c1-6-20-41(21-7-1)60(42-22-8-2-9-23-42)46-35-37-47-40(38-46)34-36-48-49-39-54-55-58(57(49)63(56(47)48)45-28-14-5-15-29-45)62(44-26-12-4-13-27-44)53-33-19-17-31-51(53)59(55)50-30-16-18-32-52(50)61(54)43-24-10-3-11-25-43/h1-39H. The summed E-state index contributed by atoms with van der Waals surface area (Å²) in [5.74, 6) is 0. The number of para-hydroxylation sites is 7. The first kappa shape index (κ1) is 35.5. The maximum Gasteiger partial charge on any atom is 0.252 e. The van der Waals surface area contributed by atoms with Crippen molar-refractivity contribution in [1.82, 2.24) is 4.57 Å². The molecule has 0 amide bonds. The number of rotatable bonds is 6. The summed E-state index contributed by atoms with van der Waals surface area (Å²) in [6.45, 7) is 0.00946. The van der Waals surface area contributed by atoms with E-state index < -0.39 is 0 Å². The molecule has 10 aromatic carbocycles. The molecule has 13 rings (SSSR count). The van der Waals surface area contributed by atoms with Gasteiger partial charge >= 0.3 is 0 Å². The predicted molar refractivity (Wildman–Crippen MR) is 267 cm³/mol. The number of benzene rings is 10. The van der Waals surface area contributed by atoms with Gasteiger partial charge in [0.2, 0.25) is 0 Å². The third-order valence-corrected chi connectivity index (χ3v) is 13.1. The number of anilines is 9. The molecule has 0 aliphatic carbocycles. The third kappa shape index (κ3) is 5.36. The molecule has 0 saturated heterocycles. The lowest BCUT2D eigenvalue weighted by Crippen LogP contribution is -2.61. The van der Waals surface area contributed by atoms with Crippen molar-refractivity contribution in [2.75, 3.05) is 14.7 Å². The van der Waals surface area contributed by atoms with Crippen LogP contribution < -0.4 is 31.1 Å². The van der Waals surface area contributed by atoms with E-state index in [0.29, 0.717) is 0 Å². The summed E-state index contributed by atoms with van der Waals surface area (Å²) >= 11 is 0. The summed E-state index contributed by atoms with van der Waals surface area (Å²) in [4.78, 5) is 7.39. The van der Waals surface area contributed by atoms with Crippen molar-refractivity contribution in [3.05, 3.63) is 237 Å². The van der Waals surface area contributed by atoms with Crippen LogP contribution >= 0.6 is 0 Å². The fourth-order valence-corrected chi connectivity index (χ4v) is 10.5. The van der Waals surface area contributed by atoms with Crippen LogP contribution in [0.4, 0.5) is 51.2 Å². The van der Waals surface area contributed by atoms with Gasteiger partial charge in [-0.3, -0.25) is 0 Å². The highest BCUT2D eigenvalue weighted by atomic mass is 15.2. The monoisotopic (exact) mass is 802 g/mol. The molecule has 4 nitrogen and oxygen atoms in total. The quantitative estimate of drug-likeness (QED) is 0.156. The molecule has 63 heavy (non-hydrogen) atoms. The molecule has 0 saturated carbocycles. The van der Waals surface area contributed by atoms with Gasteiger partial charge in [-0.1, -0.05) is 146 Å². The highest BCUT2D eigenvalue weighted by molar-refractivity contribution is 7.00. The molecule has 2 aliphatic heterocycles. The van der Waals surface area contributed by atoms with E-state index in [0.717, 1.165) is 34.1 Å². The van der Waals surface area contributed by atoms with Gasteiger partial charge in [0.15, 0.2) is 0 Å². The van der Waals surface area contributed by atoms with Gasteiger partial charge < -0.3 is 19.3 Å². The first-order chi connectivity index (χ1) is 31.3. The van der Waals surface area contributed by atoms with E-state index in [1.54, 1.807) is 0 Å². The lowest BCUT2D eigenvalue weighted by atomic mass is 9.33. The molecule has 0 N–H and O–H groups in total. The summed E-state index contributed by atoms with van der Waals surface area (Å²) in [6, 6.07) is 86.4. The second kappa shape index (κ2) is 14.2. The largest absolute Gasteiger partial charge is 0.311 e. The second-order valence-electron chi connectivity index (χ2n) is 16.5. The Morgan fingerprint density at radius 3 is 1.43 bits per heavy atom. The molecule has 294 valence electrons. The van der Waals surface area contributed by atoms with Crippen molar-refractivity contribution in [3.63, 3.8) is 0 Å². The van der Waals surface area contributed by atoms with Crippen molar-refractivity contribution in [1.29, 1.82) is 0 Å². The average molecular weight is 803 g/mol. The first-order valence-corrected chi connectivity index (χ1v) is 21.7. The van der Waals surface area contributed by atoms with Gasteiger partial charge in [-0.15, -0.1) is 0 Å². The van der Waals surface area contributed by atoms with Crippen LogP contribution in [-0.2, 0) is 0 Å². The normalized spacial score (nSPS) is 12.7. The summed E-state index contributed by atoms with van der Waals surface area (Å²) in [5, 5.41) is 4.80. The third-order valence-electron chi connectivity index (χ3n) is 13.1. The Kier molecular flexibility index (Phi) is 7.97. The Hall–Kier alpha value is -8.28. The van der Waals surface area contributed by atoms with Gasteiger partial charge in [0.25, 0.3) is 6.71 Å². The molecule has 5 heteroatoms. The highest BCUT2D eigenvalue weighted by Crippen LogP contribution is 2.51. The molecule has 2 aliphatic rings. The average Bonchev–Trinajstić information content (AvgIpc) is 3.70. The molecular formula is C58H39BN4. The van der Waals surface area contributed by atoms with Crippen molar-refractivity contribution in [2.45, 2.75) is 0 Å². The SMILES string of the molecule is c1ccc(N(c2ccccc2)c2ccc3c(ccc4c5cc6c7c(c5n(-c5ccccc5)c34)N(c3ccccc3)c3ccccc3B7c3ccccc3N6c3ccccc3)c2)cc1. The Morgan fingerprint density at radius 2 is 0.825 bits per heavy atom. The molecule has 0 unspecified atom stereocenters. The lowest BCUT2D eigenvalue weighted by Gasteiger charge is -2.44. The zero-order valence-electron chi connectivity index (χ0n) is 34.4. The van der Waals surface area contributed by atoms with Gasteiger partial charge in [0.05, 0.1) is 16.7 Å². The Balaban J connectivity index is 1.19. The van der Waals surface area contributed by atoms with E-state index >= 15 is 0 Å². The van der Waals surface area contributed by atoms with Crippen LogP contribution in [0.5, 0.6) is 0 Å². The van der Waals surface area contributed by atoms with Gasteiger partial charge in [-0.25, -0.2) is 0 Å². The lowest BCUT2D eigenvalue weighted by molar-refractivity contribution is 1.17. The van der Waals surface area contributed by atoms with Gasteiger partial charge in [-0.2, -0.15) is 0 Å². The number of nitrogens with zero attached hydrogens (tertiary/aromatic N) is 4. The number of hydrogen-bond acceptors (Lipinski definition) is 3. The first-order valence-electron chi connectivity index (χ1n) is 21.7. The number of fused-ring (bicyclic) bond motifs is 10. The van der Waals surface area contributed by atoms with Crippen LogP contribution in [0.1, 0.15) is 0 Å². The minimum absolute atomic E-state index is 0.00946. The van der Waals surface area contributed by atoms with E-state index in [9.17, 15) is 0 Å². The second-order valence-corrected chi connectivity index (χ2v) is 16.5. The van der Waals surface area contributed by atoms with Crippen molar-refractivity contribution in [2.24, 2.45) is 0 Å². The molecule has 11 aromatic rings. The molecular weight excluding hydrogens is 763 g/mol. The fraction of sp³-hybridized carbons (Fsp3) is 0. The Labute approximate surface area is 366 Å². The topological polar surface area (TPSA) is 14.7 Å². The molecule has 0 spiro atoms. The number of hydrogen-bond donors (Lipinski definition) is 0. The summed E-state index contributed by atoms with van der Waals surface area (Å²) in [5.41, 5.74) is 17.8. The summed E-state index contributed by atoms with van der Waals surface area (Å²) < 4.78 is 2.56. The van der Waals surface area contributed by atoms with Gasteiger partial charge in [-0.05, 0) is 113 Å². The van der Waals surface area contributed by atoms with Gasteiger partial charge in [0.1, 0.15) is 0 Å². The van der Waals surface area contributed by atoms with E-state index in [1.807, 2.05) is 0 Å². The van der Waals surface area contributed by atoms with Crippen LogP contribution in [0.2, 0.25) is 0 Å². The molecule has 0 bridgehead atoms. The van der Waals surface area contributed by atoms with Crippen molar-refractivity contribution in [3.8, 4) is 5.69 Å². The van der Waals surface area contributed by atoms with E-state index in [-0.39, 0.29) is 6.71 Å². The summed E-state index contributed by atoms with van der Waals surface area (Å²) in [7, 11) is 0. The Morgan fingerprint density at radius 1 is 0.333 bits per heavy atom. The van der Waals surface area contributed by atoms with E-state index in [4.69, 9.17) is 0 Å². The maximum absolute atomic E-state index is 2.56. The zero-order chi connectivity index (χ0) is 41.4. The molecule has 0 atom stereocenters. The van der Waals surface area contributed by atoms with E-state index in [1.165, 1.54) is 71.7 Å². The molecule has 0 fully saturated rings. The minimum atomic E-state index is 0.00946. The van der Waals surface area contributed by atoms with Crippen LogP contribution in [0.15, 0.2) is 237 Å².